The maximum absolute atomic E-state index is 12.4. The van der Waals surface area contributed by atoms with Crippen molar-refractivity contribution in [2.24, 2.45) is 0 Å². The second-order valence-corrected chi connectivity index (χ2v) is 9.00. The normalized spacial score (nSPS) is 15.4. The summed E-state index contributed by atoms with van der Waals surface area (Å²) in [5.74, 6) is 0.829. The molecule has 0 bridgehead atoms. The minimum Gasteiger partial charge on any atom is -0.490 e. The van der Waals surface area contributed by atoms with Crippen molar-refractivity contribution in [1.82, 2.24) is 24.3 Å². The fraction of sp³-hybridized carbons (Fsp3) is 0.346. The summed E-state index contributed by atoms with van der Waals surface area (Å²) < 4.78 is 9.74. The first kappa shape index (κ1) is 21.4. The summed E-state index contributed by atoms with van der Waals surface area (Å²) in [7, 11) is 2.15. The molecule has 1 aliphatic rings. The van der Waals surface area contributed by atoms with E-state index < -0.39 is 0 Å². The largest absolute Gasteiger partial charge is 0.490 e. The Bertz CT molecular complexity index is 1320. The number of nitrogens with zero attached hydrogens (tertiary/aromatic N) is 5. The van der Waals surface area contributed by atoms with Gasteiger partial charge < -0.3 is 9.64 Å². The van der Waals surface area contributed by atoms with E-state index in [0.29, 0.717) is 5.69 Å². The van der Waals surface area contributed by atoms with E-state index in [1.54, 1.807) is 12.1 Å². The summed E-state index contributed by atoms with van der Waals surface area (Å²) in [6, 6.07) is 17.4. The van der Waals surface area contributed by atoms with E-state index in [1.165, 1.54) is 4.68 Å². The fourth-order valence-electron chi connectivity index (χ4n) is 4.37. The van der Waals surface area contributed by atoms with Crippen molar-refractivity contribution < 1.29 is 4.74 Å². The SMILES string of the molecule is CC(C)n1nc(-c2c(-c3ccccc3)nn3ccc(OC4CCN(C)CC4)cc23)ccc1=O. The number of pyridine rings is 1. The molecule has 0 radical (unpaired) electrons. The highest BCUT2D eigenvalue weighted by molar-refractivity contribution is 5.91. The van der Waals surface area contributed by atoms with Gasteiger partial charge in [0.2, 0.25) is 0 Å². The van der Waals surface area contributed by atoms with Crippen LogP contribution in [-0.2, 0) is 0 Å². The molecular formula is C26H29N5O2. The second kappa shape index (κ2) is 8.83. The summed E-state index contributed by atoms with van der Waals surface area (Å²) in [4.78, 5) is 14.7. The smallest absolute Gasteiger partial charge is 0.267 e. The van der Waals surface area contributed by atoms with Gasteiger partial charge in [-0.1, -0.05) is 30.3 Å². The molecule has 4 aromatic rings. The van der Waals surface area contributed by atoms with Crippen molar-refractivity contribution in [3.63, 3.8) is 0 Å². The van der Waals surface area contributed by atoms with E-state index >= 15 is 0 Å². The van der Waals surface area contributed by atoms with Crippen LogP contribution in [0.3, 0.4) is 0 Å². The van der Waals surface area contributed by atoms with Crippen LogP contribution in [-0.4, -0.2) is 50.5 Å². The number of rotatable bonds is 5. The highest BCUT2D eigenvalue weighted by atomic mass is 16.5. The maximum Gasteiger partial charge on any atom is 0.267 e. The predicted octanol–water partition coefficient (Wildman–Crippen LogP) is 4.28. The third-order valence-electron chi connectivity index (χ3n) is 6.19. The summed E-state index contributed by atoms with van der Waals surface area (Å²) in [5.41, 5.74) is 4.23. The zero-order valence-corrected chi connectivity index (χ0v) is 19.3. The Kier molecular flexibility index (Phi) is 5.72. The number of likely N-dealkylation sites (tertiary alicyclic amines) is 1. The van der Waals surface area contributed by atoms with Gasteiger partial charge in [0.15, 0.2) is 0 Å². The van der Waals surface area contributed by atoms with Crippen LogP contribution in [0.1, 0.15) is 32.7 Å². The van der Waals surface area contributed by atoms with Crippen LogP contribution in [0.15, 0.2) is 65.6 Å². The van der Waals surface area contributed by atoms with Gasteiger partial charge in [-0.05, 0) is 45.9 Å². The van der Waals surface area contributed by atoms with E-state index in [0.717, 1.165) is 54.0 Å². The molecule has 1 aliphatic heterocycles. The number of ether oxygens (including phenoxy) is 1. The average Bonchev–Trinajstić information content (AvgIpc) is 3.20. The lowest BCUT2D eigenvalue weighted by Gasteiger charge is -2.29. The lowest BCUT2D eigenvalue weighted by atomic mass is 10.0. The second-order valence-electron chi connectivity index (χ2n) is 9.00. The first-order valence-electron chi connectivity index (χ1n) is 11.5. The molecule has 0 spiro atoms. The molecule has 33 heavy (non-hydrogen) atoms. The fourth-order valence-corrected chi connectivity index (χ4v) is 4.37. The Morgan fingerprint density at radius 1 is 1.00 bits per heavy atom. The summed E-state index contributed by atoms with van der Waals surface area (Å²) in [6.07, 6.45) is 4.19. The third kappa shape index (κ3) is 4.28. The first-order valence-corrected chi connectivity index (χ1v) is 11.5. The molecule has 0 unspecified atom stereocenters. The van der Waals surface area contributed by atoms with Crippen LogP contribution in [0, 0.1) is 0 Å². The van der Waals surface area contributed by atoms with Crippen molar-refractivity contribution >= 4 is 5.52 Å². The van der Waals surface area contributed by atoms with Gasteiger partial charge in [0.05, 0.1) is 22.8 Å². The number of hydrogen-bond donors (Lipinski definition) is 0. The average molecular weight is 444 g/mol. The highest BCUT2D eigenvalue weighted by Crippen LogP contribution is 2.35. The van der Waals surface area contributed by atoms with Crippen molar-refractivity contribution in [3.8, 4) is 28.3 Å². The first-order chi connectivity index (χ1) is 16.0. The van der Waals surface area contributed by atoms with Gasteiger partial charge in [-0.2, -0.15) is 10.2 Å². The predicted molar refractivity (Wildman–Crippen MR) is 130 cm³/mol. The van der Waals surface area contributed by atoms with Gasteiger partial charge in [0.25, 0.3) is 5.56 Å². The molecule has 7 heteroatoms. The molecule has 4 heterocycles. The summed E-state index contributed by atoms with van der Waals surface area (Å²) in [6.45, 7) is 6.01. The molecule has 5 rings (SSSR count). The topological polar surface area (TPSA) is 64.7 Å². The lowest BCUT2D eigenvalue weighted by molar-refractivity contribution is 0.114. The monoisotopic (exact) mass is 443 g/mol. The maximum atomic E-state index is 12.4. The van der Waals surface area contributed by atoms with Crippen molar-refractivity contribution in [1.29, 1.82) is 0 Å². The minimum atomic E-state index is -0.113. The quantitative estimate of drug-likeness (QED) is 0.461. The molecule has 1 saturated heterocycles. The van der Waals surface area contributed by atoms with Crippen molar-refractivity contribution in [2.75, 3.05) is 20.1 Å². The molecule has 0 aliphatic carbocycles. The van der Waals surface area contributed by atoms with Crippen molar-refractivity contribution in [3.05, 3.63) is 71.1 Å². The Morgan fingerprint density at radius 2 is 1.76 bits per heavy atom. The molecule has 1 fully saturated rings. The molecule has 170 valence electrons. The molecule has 0 atom stereocenters. The summed E-state index contributed by atoms with van der Waals surface area (Å²) >= 11 is 0. The van der Waals surface area contributed by atoms with E-state index in [-0.39, 0.29) is 17.7 Å². The third-order valence-corrected chi connectivity index (χ3v) is 6.19. The highest BCUT2D eigenvalue weighted by Gasteiger charge is 2.21. The standard InChI is InChI=1S/C26H29N5O2/c1-18(2)31-24(32)10-9-22(27-31)25-23-17-21(33-20-11-14-29(3)15-12-20)13-16-30(23)28-26(25)19-7-5-4-6-8-19/h4-10,13,16-18,20H,11-12,14-15H2,1-3H3. The Morgan fingerprint density at radius 3 is 2.48 bits per heavy atom. The van der Waals surface area contributed by atoms with E-state index in [4.69, 9.17) is 14.9 Å². The van der Waals surface area contributed by atoms with E-state index in [1.807, 2.05) is 67.0 Å². The van der Waals surface area contributed by atoms with Gasteiger partial charge in [0, 0.05) is 37.0 Å². The van der Waals surface area contributed by atoms with Gasteiger partial charge in [-0.3, -0.25) is 4.79 Å². The van der Waals surface area contributed by atoms with Crippen molar-refractivity contribution in [2.45, 2.75) is 38.8 Å². The van der Waals surface area contributed by atoms with Gasteiger partial charge in [0.1, 0.15) is 17.5 Å². The number of benzene rings is 1. The zero-order chi connectivity index (χ0) is 22.9. The Balaban J connectivity index is 1.64. The molecule has 1 aromatic carbocycles. The minimum absolute atomic E-state index is 0.0391. The Labute approximate surface area is 193 Å². The molecule has 0 amide bonds. The van der Waals surface area contributed by atoms with Crippen LogP contribution in [0.4, 0.5) is 0 Å². The number of fused-ring (bicyclic) bond motifs is 1. The van der Waals surface area contributed by atoms with Crippen LogP contribution < -0.4 is 10.3 Å². The molecule has 0 N–H and O–H groups in total. The van der Waals surface area contributed by atoms with Crippen LogP contribution in [0.25, 0.3) is 28.0 Å². The van der Waals surface area contributed by atoms with Crippen LogP contribution >= 0.6 is 0 Å². The van der Waals surface area contributed by atoms with Crippen LogP contribution in [0.2, 0.25) is 0 Å². The number of hydrogen-bond acceptors (Lipinski definition) is 5. The lowest BCUT2D eigenvalue weighted by Crippen LogP contribution is -2.35. The number of aromatic nitrogens is 4. The molecular weight excluding hydrogens is 414 g/mol. The van der Waals surface area contributed by atoms with Crippen LogP contribution in [0.5, 0.6) is 5.75 Å². The molecule has 0 saturated carbocycles. The summed E-state index contributed by atoms with van der Waals surface area (Å²) in [5, 5.41) is 9.59. The van der Waals surface area contributed by atoms with Gasteiger partial charge >= 0.3 is 0 Å². The van der Waals surface area contributed by atoms with E-state index in [2.05, 4.69) is 11.9 Å². The molecule has 3 aromatic heterocycles. The molecule has 7 nitrogen and oxygen atoms in total. The zero-order valence-electron chi connectivity index (χ0n) is 19.3. The Hall–Kier alpha value is -3.45. The van der Waals surface area contributed by atoms with Gasteiger partial charge in [-0.25, -0.2) is 9.20 Å². The number of piperidine rings is 1. The van der Waals surface area contributed by atoms with Gasteiger partial charge in [-0.15, -0.1) is 0 Å². The van der Waals surface area contributed by atoms with E-state index in [9.17, 15) is 4.79 Å².